The second-order valence-electron chi connectivity index (χ2n) is 9.47. The first-order valence-electron chi connectivity index (χ1n) is 11.3. The second-order valence-corrected chi connectivity index (χ2v) is 9.47. The topological polar surface area (TPSA) is 102 Å². The molecular weight excluding hydrogens is 396 g/mol. The lowest BCUT2D eigenvalue weighted by Gasteiger charge is -2.39. The van der Waals surface area contributed by atoms with Crippen LogP contribution in [-0.2, 0) is 22.7 Å². The smallest absolute Gasteiger partial charge is 0.255 e. The summed E-state index contributed by atoms with van der Waals surface area (Å²) in [7, 11) is 0. The fourth-order valence-corrected chi connectivity index (χ4v) is 5.63. The maximum Gasteiger partial charge on any atom is 0.255 e. The molecule has 8 heteroatoms. The molecule has 4 heterocycles. The van der Waals surface area contributed by atoms with Gasteiger partial charge in [0.2, 0.25) is 11.8 Å². The highest BCUT2D eigenvalue weighted by atomic mass is 16.3. The first kappa shape index (κ1) is 20.6. The highest BCUT2D eigenvalue weighted by Gasteiger charge is 2.41. The molecule has 1 aromatic carbocycles. The zero-order chi connectivity index (χ0) is 21.6. The Bertz CT molecular complexity index is 903. The number of hydrogen-bond donors (Lipinski definition) is 3. The van der Waals surface area contributed by atoms with Gasteiger partial charge in [-0.3, -0.25) is 24.6 Å². The van der Waals surface area contributed by atoms with Crippen LogP contribution >= 0.6 is 0 Å². The van der Waals surface area contributed by atoms with Crippen molar-refractivity contribution in [3.8, 4) is 0 Å². The van der Waals surface area contributed by atoms with Gasteiger partial charge in [-0.25, -0.2) is 0 Å². The highest BCUT2D eigenvalue weighted by Crippen LogP contribution is 2.34. The number of imide groups is 1. The van der Waals surface area contributed by atoms with E-state index in [-0.39, 0.29) is 24.1 Å². The molecule has 0 aliphatic carbocycles. The third-order valence-corrected chi connectivity index (χ3v) is 7.51. The monoisotopic (exact) mass is 426 g/mol. The van der Waals surface area contributed by atoms with Crippen LogP contribution in [0.5, 0.6) is 0 Å². The van der Waals surface area contributed by atoms with Gasteiger partial charge in [0.05, 0.1) is 5.60 Å². The Balaban J connectivity index is 1.21. The van der Waals surface area contributed by atoms with Crippen LogP contribution in [0.25, 0.3) is 0 Å². The number of likely N-dealkylation sites (tertiary alicyclic amines) is 1. The van der Waals surface area contributed by atoms with Crippen LogP contribution < -0.4 is 10.6 Å². The Morgan fingerprint density at radius 3 is 2.65 bits per heavy atom. The van der Waals surface area contributed by atoms with Gasteiger partial charge in [-0.1, -0.05) is 12.1 Å². The van der Waals surface area contributed by atoms with Crippen molar-refractivity contribution in [2.24, 2.45) is 5.92 Å². The van der Waals surface area contributed by atoms with Gasteiger partial charge in [-0.15, -0.1) is 0 Å². The fraction of sp³-hybridized carbons (Fsp3) is 0.609. The number of amides is 3. The third kappa shape index (κ3) is 3.88. The highest BCUT2D eigenvalue weighted by molar-refractivity contribution is 6.05. The maximum absolute atomic E-state index is 13.0. The molecule has 31 heavy (non-hydrogen) atoms. The Hall–Kier alpha value is -2.29. The van der Waals surface area contributed by atoms with E-state index in [2.05, 4.69) is 21.6 Å². The number of benzene rings is 1. The lowest BCUT2D eigenvalue weighted by atomic mass is 9.80. The molecule has 166 valence electrons. The van der Waals surface area contributed by atoms with E-state index in [0.29, 0.717) is 31.0 Å². The van der Waals surface area contributed by atoms with E-state index < -0.39 is 11.6 Å². The van der Waals surface area contributed by atoms with E-state index in [0.717, 1.165) is 56.6 Å². The first-order valence-corrected chi connectivity index (χ1v) is 11.3. The minimum absolute atomic E-state index is 0.124. The molecule has 4 aliphatic rings. The molecule has 4 aliphatic heterocycles. The van der Waals surface area contributed by atoms with Crippen LogP contribution in [0, 0.1) is 5.92 Å². The first-order chi connectivity index (χ1) is 14.9. The minimum Gasteiger partial charge on any atom is -0.388 e. The summed E-state index contributed by atoms with van der Waals surface area (Å²) in [6, 6.07) is 5.45. The summed E-state index contributed by atoms with van der Waals surface area (Å²) in [5, 5.41) is 16.4. The molecule has 2 unspecified atom stereocenters. The number of carbonyl (C=O) groups is 3. The van der Waals surface area contributed by atoms with Gasteiger partial charge < -0.3 is 15.3 Å². The van der Waals surface area contributed by atoms with Crippen molar-refractivity contribution < 1.29 is 19.5 Å². The molecule has 0 spiro atoms. The quantitative estimate of drug-likeness (QED) is 0.602. The van der Waals surface area contributed by atoms with E-state index in [1.165, 1.54) is 0 Å². The molecule has 2 atom stereocenters. The van der Waals surface area contributed by atoms with Gasteiger partial charge in [-0.05, 0) is 68.4 Å². The average molecular weight is 427 g/mol. The largest absolute Gasteiger partial charge is 0.388 e. The normalized spacial score (nSPS) is 30.0. The molecule has 3 saturated heterocycles. The standard InChI is InChI=1S/C23H30N4O4/c28-20-4-3-19(21(29)25-20)27-13-16-2-1-15(11-18(16)22(27)30)12-26-9-5-17(6-10-26)23(31)7-8-24-14-23/h1-2,11,17,19,24,31H,3-10,12-14H2,(H,25,28,29). The van der Waals surface area contributed by atoms with Gasteiger partial charge >= 0.3 is 0 Å². The summed E-state index contributed by atoms with van der Waals surface area (Å²) >= 11 is 0. The Morgan fingerprint density at radius 2 is 1.94 bits per heavy atom. The van der Waals surface area contributed by atoms with Crippen molar-refractivity contribution in [1.29, 1.82) is 0 Å². The number of rotatable bonds is 4. The Kier molecular flexibility index (Phi) is 5.32. The molecule has 3 N–H and O–H groups in total. The van der Waals surface area contributed by atoms with Crippen LogP contribution in [0.15, 0.2) is 18.2 Å². The molecule has 0 bridgehead atoms. The number of nitrogens with zero attached hydrogens (tertiary/aromatic N) is 2. The van der Waals surface area contributed by atoms with Gasteiger partial charge in [-0.2, -0.15) is 0 Å². The summed E-state index contributed by atoms with van der Waals surface area (Å²) in [4.78, 5) is 40.6. The number of aliphatic hydroxyl groups is 1. The number of carbonyl (C=O) groups excluding carboxylic acids is 3. The molecule has 1 aromatic rings. The molecular formula is C23H30N4O4. The van der Waals surface area contributed by atoms with E-state index in [9.17, 15) is 19.5 Å². The summed E-state index contributed by atoms with van der Waals surface area (Å²) in [6.45, 7) is 4.69. The third-order valence-electron chi connectivity index (χ3n) is 7.51. The lowest BCUT2D eigenvalue weighted by Crippen LogP contribution is -2.52. The molecule has 5 rings (SSSR count). The van der Waals surface area contributed by atoms with E-state index in [1.807, 2.05) is 12.1 Å². The zero-order valence-corrected chi connectivity index (χ0v) is 17.7. The summed E-state index contributed by atoms with van der Waals surface area (Å²) < 4.78 is 0. The number of hydrogen-bond acceptors (Lipinski definition) is 6. The Labute approximate surface area is 182 Å². The molecule has 3 amide bonds. The zero-order valence-electron chi connectivity index (χ0n) is 17.7. The fourth-order valence-electron chi connectivity index (χ4n) is 5.63. The van der Waals surface area contributed by atoms with Crippen LogP contribution in [0.3, 0.4) is 0 Å². The SMILES string of the molecule is O=C1CCC(N2Cc3ccc(CN4CCC(C5(O)CCNC5)CC4)cc3C2=O)C(=O)N1. The summed E-state index contributed by atoms with van der Waals surface area (Å²) in [5.41, 5.74) is 2.15. The Morgan fingerprint density at radius 1 is 1.13 bits per heavy atom. The average Bonchev–Trinajstić information content (AvgIpc) is 3.33. The van der Waals surface area contributed by atoms with Crippen molar-refractivity contribution in [2.45, 2.75) is 56.8 Å². The molecule has 0 aromatic heterocycles. The summed E-state index contributed by atoms with van der Waals surface area (Å²) in [5.74, 6) is -0.421. The van der Waals surface area contributed by atoms with Crippen LogP contribution in [0.4, 0.5) is 0 Å². The van der Waals surface area contributed by atoms with Gasteiger partial charge in [0.1, 0.15) is 6.04 Å². The van der Waals surface area contributed by atoms with Gasteiger partial charge in [0.25, 0.3) is 5.91 Å². The molecule has 8 nitrogen and oxygen atoms in total. The maximum atomic E-state index is 13.0. The van der Waals surface area contributed by atoms with Crippen LogP contribution in [0.1, 0.15) is 53.6 Å². The number of nitrogens with one attached hydrogen (secondary N) is 2. The van der Waals surface area contributed by atoms with Crippen molar-refractivity contribution >= 4 is 17.7 Å². The molecule has 3 fully saturated rings. The molecule has 0 radical (unpaired) electrons. The van der Waals surface area contributed by atoms with Crippen molar-refractivity contribution in [1.82, 2.24) is 20.4 Å². The summed E-state index contributed by atoms with van der Waals surface area (Å²) in [6.07, 6.45) is 3.47. The van der Waals surface area contributed by atoms with E-state index >= 15 is 0 Å². The second kappa shape index (κ2) is 8.00. The van der Waals surface area contributed by atoms with Crippen LogP contribution in [0.2, 0.25) is 0 Å². The number of piperidine rings is 2. The molecule has 0 saturated carbocycles. The van der Waals surface area contributed by atoms with Crippen molar-refractivity contribution in [3.63, 3.8) is 0 Å². The predicted octanol–water partition coefficient (Wildman–Crippen LogP) is 0.384. The van der Waals surface area contributed by atoms with Crippen LogP contribution in [-0.4, -0.2) is 70.4 Å². The minimum atomic E-state index is -0.573. The predicted molar refractivity (Wildman–Crippen MR) is 113 cm³/mol. The number of β-amino-alcohol motifs (C(OH)–C–C–N with tert-alkyl or cyclic N) is 1. The van der Waals surface area contributed by atoms with Gasteiger partial charge in [0, 0.05) is 31.6 Å². The van der Waals surface area contributed by atoms with E-state index in [4.69, 9.17) is 0 Å². The van der Waals surface area contributed by atoms with E-state index in [1.54, 1.807) is 4.90 Å². The lowest BCUT2D eigenvalue weighted by molar-refractivity contribution is -0.136. The number of fused-ring (bicyclic) bond motifs is 1. The van der Waals surface area contributed by atoms with Crippen molar-refractivity contribution in [3.05, 3.63) is 34.9 Å². The van der Waals surface area contributed by atoms with Gasteiger partial charge in [0.15, 0.2) is 0 Å². The van der Waals surface area contributed by atoms with Crippen molar-refractivity contribution in [2.75, 3.05) is 26.2 Å².